The van der Waals surface area contributed by atoms with Crippen LogP contribution in [0.2, 0.25) is 0 Å². The van der Waals surface area contributed by atoms with Gasteiger partial charge in [-0.2, -0.15) is 0 Å². The summed E-state index contributed by atoms with van der Waals surface area (Å²) < 4.78 is 0. The Kier molecular flexibility index (Phi) is 4.64. The monoisotopic (exact) mass is 383 g/mol. The van der Waals surface area contributed by atoms with Gasteiger partial charge in [-0.15, -0.1) is 0 Å². The zero-order valence-electron chi connectivity index (χ0n) is 18.6. The molecular formula is C26H41NO. The number of allylic oxidation sites excluding steroid dienone is 2. The fourth-order valence-electron chi connectivity index (χ4n) is 8.88. The molecule has 156 valence electrons. The fourth-order valence-corrected chi connectivity index (χ4v) is 8.88. The van der Waals surface area contributed by atoms with Gasteiger partial charge < -0.3 is 10.4 Å². The summed E-state index contributed by atoms with van der Waals surface area (Å²) in [6.45, 7) is 12.6. The van der Waals surface area contributed by atoms with Gasteiger partial charge in [0.25, 0.3) is 0 Å². The highest BCUT2D eigenvalue weighted by Gasteiger charge is 2.59. The van der Waals surface area contributed by atoms with Crippen LogP contribution in [0, 0.1) is 40.4 Å². The lowest BCUT2D eigenvalue weighted by Crippen LogP contribution is -2.53. The second-order valence-corrected chi connectivity index (χ2v) is 11.6. The molecule has 0 aromatic carbocycles. The molecule has 1 heterocycles. The number of aliphatic hydroxyl groups excluding tert-OH is 1. The maximum Gasteiger partial charge on any atom is 0.0577 e. The van der Waals surface area contributed by atoms with E-state index in [0.29, 0.717) is 16.7 Å². The second kappa shape index (κ2) is 6.71. The standard InChI is InChI=1S/C26H41NO/c1-16-12-19-14-20(28)7-9-25(19,3)21-8-10-26(4)22(23(16)21)13-17(2)24(26)18-6-5-11-27-15-18/h12,16,18,20-23,27-28H,5-11,13-15H2,1-4H3/t16-,18?,20-,21-,22-,23+,25-,26-/m0/s1. The Morgan fingerprint density at radius 3 is 2.57 bits per heavy atom. The molecule has 0 bridgehead atoms. The quantitative estimate of drug-likeness (QED) is 0.588. The molecule has 2 saturated carbocycles. The molecule has 8 atom stereocenters. The van der Waals surface area contributed by atoms with E-state index in [2.05, 4.69) is 39.1 Å². The Balaban J connectivity index is 1.49. The third kappa shape index (κ3) is 2.66. The summed E-state index contributed by atoms with van der Waals surface area (Å²) in [5, 5.41) is 14.0. The van der Waals surface area contributed by atoms with Crippen molar-refractivity contribution in [3.05, 3.63) is 22.8 Å². The first-order chi connectivity index (χ1) is 13.3. The van der Waals surface area contributed by atoms with Crippen molar-refractivity contribution in [1.82, 2.24) is 5.32 Å². The molecule has 2 N–H and O–H groups in total. The van der Waals surface area contributed by atoms with Crippen molar-refractivity contribution in [3.8, 4) is 0 Å². The van der Waals surface area contributed by atoms with Crippen LogP contribution in [0.25, 0.3) is 0 Å². The predicted molar refractivity (Wildman–Crippen MR) is 116 cm³/mol. The Morgan fingerprint density at radius 2 is 1.82 bits per heavy atom. The van der Waals surface area contributed by atoms with Gasteiger partial charge in [0.2, 0.25) is 0 Å². The minimum atomic E-state index is -0.0993. The summed E-state index contributed by atoms with van der Waals surface area (Å²) in [5.74, 6) is 3.93. The first kappa shape index (κ1) is 19.4. The topological polar surface area (TPSA) is 32.3 Å². The summed E-state index contributed by atoms with van der Waals surface area (Å²) in [4.78, 5) is 0. The van der Waals surface area contributed by atoms with Gasteiger partial charge >= 0.3 is 0 Å². The molecule has 5 aliphatic rings. The summed E-state index contributed by atoms with van der Waals surface area (Å²) in [7, 11) is 0. The van der Waals surface area contributed by atoms with E-state index in [4.69, 9.17) is 0 Å². The Labute approximate surface area is 172 Å². The Hall–Kier alpha value is -0.600. The van der Waals surface area contributed by atoms with E-state index in [-0.39, 0.29) is 6.10 Å². The molecule has 2 nitrogen and oxygen atoms in total. The van der Waals surface area contributed by atoms with Gasteiger partial charge in [-0.1, -0.05) is 43.6 Å². The lowest BCUT2D eigenvalue weighted by molar-refractivity contribution is -0.0504. The fraction of sp³-hybridized carbons (Fsp3) is 0.846. The maximum atomic E-state index is 10.3. The molecule has 0 spiro atoms. The summed E-state index contributed by atoms with van der Waals surface area (Å²) in [6, 6.07) is 0. The molecule has 2 heteroatoms. The van der Waals surface area contributed by atoms with E-state index in [1.165, 1.54) is 51.6 Å². The zero-order valence-corrected chi connectivity index (χ0v) is 18.6. The molecule has 0 aromatic heterocycles. The normalized spacial score (nSPS) is 51.2. The Morgan fingerprint density at radius 1 is 1.04 bits per heavy atom. The van der Waals surface area contributed by atoms with Crippen LogP contribution in [0.5, 0.6) is 0 Å². The summed E-state index contributed by atoms with van der Waals surface area (Å²) >= 11 is 0. The van der Waals surface area contributed by atoms with Crippen molar-refractivity contribution in [2.45, 2.75) is 85.2 Å². The number of hydrogen-bond acceptors (Lipinski definition) is 2. The van der Waals surface area contributed by atoms with Gasteiger partial charge in [0.1, 0.15) is 0 Å². The van der Waals surface area contributed by atoms with Gasteiger partial charge in [-0.25, -0.2) is 0 Å². The third-order valence-electron chi connectivity index (χ3n) is 10.1. The number of aliphatic hydroxyl groups is 1. The van der Waals surface area contributed by atoms with Crippen LogP contribution in [0.4, 0.5) is 0 Å². The van der Waals surface area contributed by atoms with Gasteiger partial charge in [0.05, 0.1) is 6.10 Å². The van der Waals surface area contributed by atoms with Gasteiger partial charge in [-0.05, 0) is 105 Å². The summed E-state index contributed by atoms with van der Waals surface area (Å²) in [6.07, 6.45) is 12.5. The van der Waals surface area contributed by atoms with Crippen molar-refractivity contribution in [2.24, 2.45) is 40.4 Å². The van der Waals surface area contributed by atoms with Gasteiger partial charge in [0, 0.05) is 6.54 Å². The van der Waals surface area contributed by atoms with Crippen LogP contribution in [0.15, 0.2) is 22.8 Å². The van der Waals surface area contributed by atoms with E-state index >= 15 is 0 Å². The molecule has 0 radical (unpaired) electrons. The van der Waals surface area contributed by atoms with Crippen molar-refractivity contribution < 1.29 is 5.11 Å². The first-order valence-electron chi connectivity index (χ1n) is 12.1. The lowest BCUT2D eigenvalue weighted by atomic mass is 9.45. The number of piperidine rings is 1. The highest BCUT2D eigenvalue weighted by molar-refractivity contribution is 5.36. The van der Waals surface area contributed by atoms with Crippen LogP contribution in [-0.4, -0.2) is 24.3 Å². The third-order valence-corrected chi connectivity index (χ3v) is 10.1. The van der Waals surface area contributed by atoms with Crippen LogP contribution in [0.3, 0.4) is 0 Å². The first-order valence-corrected chi connectivity index (χ1v) is 12.1. The summed E-state index contributed by atoms with van der Waals surface area (Å²) in [5.41, 5.74) is 5.99. The number of rotatable bonds is 1. The molecule has 1 aliphatic heterocycles. The van der Waals surface area contributed by atoms with Crippen LogP contribution in [0.1, 0.15) is 79.1 Å². The van der Waals surface area contributed by atoms with Crippen molar-refractivity contribution in [3.63, 3.8) is 0 Å². The molecule has 3 fully saturated rings. The maximum absolute atomic E-state index is 10.3. The molecule has 5 rings (SSSR count). The minimum Gasteiger partial charge on any atom is -0.393 e. The average molecular weight is 384 g/mol. The van der Waals surface area contributed by atoms with E-state index in [1.54, 1.807) is 11.1 Å². The highest BCUT2D eigenvalue weighted by Crippen LogP contribution is 2.68. The second-order valence-electron chi connectivity index (χ2n) is 11.6. The largest absolute Gasteiger partial charge is 0.393 e. The number of nitrogens with one attached hydrogen (secondary N) is 1. The number of fused-ring (bicyclic) bond motifs is 5. The van der Waals surface area contributed by atoms with Crippen molar-refractivity contribution >= 4 is 0 Å². The predicted octanol–water partition coefficient (Wildman–Crippen LogP) is 5.48. The van der Waals surface area contributed by atoms with E-state index in [0.717, 1.165) is 36.5 Å². The van der Waals surface area contributed by atoms with E-state index in [1.807, 2.05) is 5.57 Å². The van der Waals surface area contributed by atoms with Gasteiger partial charge in [0.15, 0.2) is 0 Å². The lowest BCUT2D eigenvalue weighted by Gasteiger charge is -2.60. The molecule has 4 aliphatic carbocycles. The highest BCUT2D eigenvalue weighted by atomic mass is 16.3. The molecule has 0 amide bonds. The van der Waals surface area contributed by atoms with Crippen molar-refractivity contribution in [2.75, 3.05) is 13.1 Å². The van der Waals surface area contributed by atoms with E-state index < -0.39 is 0 Å². The molecule has 1 unspecified atom stereocenters. The Bertz CT molecular complexity index is 701. The van der Waals surface area contributed by atoms with Gasteiger partial charge in [-0.3, -0.25) is 0 Å². The van der Waals surface area contributed by atoms with Crippen molar-refractivity contribution in [1.29, 1.82) is 0 Å². The molecule has 28 heavy (non-hydrogen) atoms. The average Bonchev–Trinajstić information content (AvgIpc) is 2.94. The molecule has 0 aromatic rings. The molecular weight excluding hydrogens is 342 g/mol. The van der Waals surface area contributed by atoms with Crippen LogP contribution < -0.4 is 5.32 Å². The smallest absolute Gasteiger partial charge is 0.0577 e. The number of hydrogen-bond donors (Lipinski definition) is 2. The van der Waals surface area contributed by atoms with Crippen LogP contribution in [-0.2, 0) is 0 Å². The van der Waals surface area contributed by atoms with Crippen LogP contribution >= 0.6 is 0 Å². The molecule has 1 saturated heterocycles. The zero-order chi connectivity index (χ0) is 19.7. The minimum absolute atomic E-state index is 0.0993. The SMILES string of the molecule is CC1=C(C2CCCNC2)[C@@]2(C)CC[C@H]3[C@@H]([C@@H](C)C=C4C[C@@H](O)CC[C@@]43C)[C@@H]2C1. The van der Waals surface area contributed by atoms with E-state index in [9.17, 15) is 5.11 Å².